The molecule has 2 aromatic carbocycles. The molecule has 0 bridgehead atoms. The van der Waals surface area contributed by atoms with Crippen LogP contribution < -0.4 is 9.47 Å². The van der Waals surface area contributed by atoms with Crippen LogP contribution in [0.5, 0.6) is 11.5 Å². The van der Waals surface area contributed by atoms with E-state index in [4.69, 9.17) is 9.47 Å². The van der Waals surface area contributed by atoms with Crippen LogP contribution in [0, 0.1) is 19.8 Å². The molecule has 0 heterocycles. The van der Waals surface area contributed by atoms with Gasteiger partial charge in [0, 0.05) is 0 Å². The number of methoxy groups -OCH3 is 2. The summed E-state index contributed by atoms with van der Waals surface area (Å²) in [6, 6.07) is 15.5. The number of hydrogen-bond donors (Lipinski definition) is 0. The molecule has 0 N–H and O–H groups in total. The van der Waals surface area contributed by atoms with E-state index in [0.29, 0.717) is 0 Å². The summed E-state index contributed by atoms with van der Waals surface area (Å²) in [5.41, 5.74) is 1.99. The number of benzene rings is 2. The fourth-order valence-electron chi connectivity index (χ4n) is 1.54. The molecule has 104 valence electrons. The van der Waals surface area contributed by atoms with Crippen LogP contribution in [0.4, 0.5) is 0 Å². The molecular formula is C18H14O2Te. The second-order valence-electron chi connectivity index (χ2n) is 4.01. The van der Waals surface area contributed by atoms with E-state index in [0.717, 1.165) is 22.6 Å². The quantitative estimate of drug-likeness (QED) is 0.581. The van der Waals surface area contributed by atoms with E-state index in [9.17, 15) is 0 Å². The van der Waals surface area contributed by atoms with Gasteiger partial charge < -0.3 is 0 Å². The molecule has 0 radical (unpaired) electrons. The van der Waals surface area contributed by atoms with Crippen molar-refractivity contribution in [1.82, 2.24) is 0 Å². The van der Waals surface area contributed by atoms with Crippen molar-refractivity contribution in [3.05, 3.63) is 59.7 Å². The van der Waals surface area contributed by atoms with Crippen molar-refractivity contribution in [1.29, 1.82) is 0 Å². The normalized spacial score (nSPS) is 8.86. The Morgan fingerprint density at radius 1 is 0.667 bits per heavy atom. The molecule has 0 aromatic heterocycles. The predicted octanol–water partition coefficient (Wildman–Crippen LogP) is 2.73. The summed E-state index contributed by atoms with van der Waals surface area (Å²) in [6.45, 7) is 0. The van der Waals surface area contributed by atoms with Gasteiger partial charge in [-0.25, -0.2) is 0 Å². The molecule has 3 heteroatoms. The van der Waals surface area contributed by atoms with Gasteiger partial charge in [-0.3, -0.25) is 0 Å². The van der Waals surface area contributed by atoms with Crippen molar-refractivity contribution >= 4 is 20.9 Å². The Hall–Kier alpha value is -2.05. The number of rotatable bonds is 2. The van der Waals surface area contributed by atoms with Gasteiger partial charge in [0.05, 0.1) is 0 Å². The zero-order valence-electron chi connectivity index (χ0n) is 11.8. The molecule has 0 amide bonds. The van der Waals surface area contributed by atoms with E-state index in [1.165, 1.54) is 0 Å². The maximum atomic E-state index is 5.11. The first-order valence-corrected chi connectivity index (χ1v) is 8.61. The van der Waals surface area contributed by atoms with Crippen LogP contribution in [-0.2, 0) is 0 Å². The SMILES string of the molecule is COc1ccc(C#C[Te]C#Cc2ccc(OC)cc2)cc1. The number of ether oxygens (including phenoxy) is 2. The molecule has 2 aromatic rings. The van der Waals surface area contributed by atoms with Gasteiger partial charge in [-0.2, -0.15) is 0 Å². The summed E-state index contributed by atoms with van der Waals surface area (Å²) in [4.78, 5) is 0. The topological polar surface area (TPSA) is 18.5 Å². The Labute approximate surface area is 135 Å². The molecule has 2 nitrogen and oxygen atoms in total. The molecule has 0 spiro atoms. The summed E-state index contributed by atoms with van der Waals surface area (Å²) in [5, 5.41) is 0. The van der Waals surface area contributed by atoms with Crippen LogP contribution in [0.2, 0.25) is 0 Å². The summed E-state index contributed by atoms with van der Waals surface area (Å²) < 4.78 is 16.6. The Balaban J connectivity index is 1.92. The Kier molecular flexibility index (Phi) is 6.05. The zero-order valence-corrected chi connectivity index (χ0v) is 14.2. The molecular weight excluding hydrogens is 376 g/mol. The molecule has 0 saturated heterocycles. The van der Waals surface area contributed by atoms with Crippen LogP contribution in [-0.4, -0.2) is 35.1 Å². The maximum absolute atomic E-state index is 5.11. The monoisotopic (exact) mass is 392 g/mol. The predicted molar refractivity (Wildman–Crippen MR) is 85.5 cm³/mol. The van der Waals surface area contributed by atoms with E-state index in [-0.39, 0.29) is 0 Å². The average Bonchev–Trinajstić information content (AvgIpc) is 2.55. The van der Waals surface area contributed by atoms with Crippen molar-refractivity contribution in [3.8, 4) is 31.3 Å². The Bertz CT molecular complexity index is 632. The van der Waals surface area contributed by atoms with E-state index < -0.39 is 20.9 Å². The zero-order chi connectivity index (χ0) is 14.9. The fourth-order valence-corrected chi connectivity index (χ4v) is 2.65. The van der Waals surface area contributed by atoms with E-state index in [1.807, 2.05) is 48.5 Å². The standard InChI is InChI=1S/C18H14O2Te/c1-19-17-7-3-15(4-8-17)11-13-21-14-12-16-5-9-18(20-2)10-6-16/h3-10H,1-2H3. The molecule has 0 atom stereocenters. The van der Waals surface area contributed by atoms with Crippen LogP contribution in [0.1, 0.15) is 11.1 Å². The first kappa shape index (κ1) is 15.3. The van der Waals surface area contributed by atoms with Crippen molar-refractivity contribution in [2.24, 2.45) is 0 Å². The van der Waals surface area contributed by atoms with Gasteiger partial charge in [0.2, 0.25) is 0 Å². The third-order valence-electron chi connectivity index (χ3n) is 2.67. The molecule has 0 aliphatic carbocycles. The van der Waals surface area contributed by atoms with Gasteiger partial charge in [-0.1, -0.05) is 0 Å². The van der Waals surface area contributed by atoms with Crippen molar-refractivity contribution < 1.29 is 9.47 Å². The van der Waals surface area contributed by atoms with Gasteiger partial charge in [0.25, 0.3) is 0 Å². The Morgan fingerprint density at radius 3 is 1.38 bits per heavy atom. The van der Waals surface area contributed by atoms with Crippen LogP contribution in [0.25, 0.3) is 0 Å². The van der Waals surface area contributed by atoms with Crippen molar-refractivity contribution in [3.63, 3.8) is 0 Å². The van der Waals surface area contributed by atoms with Crippen molar-refractivity contribution in [2.45, 2.75) is 0 Å². The van der Waals surface area contributed by atoms with E-state index >= 15 is 0 Å². The van der Waals surface area contributed by atoms with E-state index in [1.54, 1.807) is 14.2 Å². The molecule has 21 heavy (non-hydrogen) atoms. The van der Waals surface area contributed by atoms with Gasteiger partial charge in [-0.15, -0.1) is 0 Å². The summed E-state index contributed by atoms with van der Waals surface area (Å²) in [7, 11) is 3.31. The Morgan fingerprint density at radius 2 is 1.05 bits per heavy atom. The summed E-state index contributed by atoms with van der Waals surface area (Å²) >= 11 is -0.612. The van der Waals surface area contributed by atoms with Gasteiger partial charge in [0.15, 0.2) is 0 Å². The minimum atomic E-state index is -0.612. The number of hydrogen-bond acceptors (Lipinski definition) is 2. The molecule has 0 fully saturated rings. The summed E-state index contributed by atoms with van der Waals surface area (Å²) in [6.07, 6.45) is 0. The third-order valence-corrected chi connectivity index (χ3v) is 3.84. The molecule has 0 saturated carbocycles. The third kappa shape index (κ3) is 5.09. The van der Waals surface area contributed by atoms with E-state index in [2.05, 4.69) is 19.8 Å². The van der Waals surface area contributed by atoms with Crippen molar-refractivity contribution in [2.75, 3.05) is 14.2 Å². The van der Waals surface area contributed by atoms with Crippen LogP contribution >= 0.6 is 0 Å². The second-order valence-corrected chi connectivity index (χ2v) is 5.76. The average molecular weight is 390 g/mol. The van der Waals surface area contributed by atoms with Crippen LogP contribution in [0.15, 0.2) is 48.5 Å². The molecule has 2 rings (SSSR count). The first-order valence-electron chi connectivity index (χ1n) is 6.28. The summed E-state index contributed by atoms with van der Waals surface area (Å²) in [5.74, 6) is 7.95. The van der Waals surface area contributed by atoms with Gasteiger partial charge in [-0.05, 0) is 0 Å². The minimum absolute atomic E-state index is 0.612. The van der Waals surface area contributed by atoms with Crippen LogP contribution in [0.3, 0.4) is 0 Å². The molecule has 0 aliphatic rings. The van der Waals surface area contributed by atoms with Gasteiger partial charge >= 0.3 is 136 Å². The second kappa shape index (κ2) is 8.28. The fraction of sp³-hybridized carbons (Fsp3) is 0.111. The molecule has 0 aliphatic heterocycles. The van der Waals surface area contributed by atoms with Gasteiger partial charge in [0.1, 0.15) is 0 Å². The first-order chi connectivity index (χ1) is 10.3. The molecule has 0 unspecified atom stereocenters.